The van der Waals surface area contributed by atoms with Gasteiger partial charge >= 0.3 is 23.9 Å². The van der Waals surface area contributed by atoms with Gasteiger partial charge in [-0.3, -0.25) is 19.2 Å². The number of carbonyl (C=O) groups is 5. The molecule has 5 atom stereocenters. The third-order valence-corrected chi connectivity index (χ3v) is 3.66. The summed E-state index contributed by atoms with van der Waals surface area (Å²) in [5.74, 6) is -2.65. The van der Waals surface area contributed by atoms with Crippen LogP contribution in [0.1, 0.15) is 40.5 Å². The summed E-state index contributed by atoms with van der Waals surface area (Å²) in [5.41, 5.74) is 0. The Balaban J connectivity index is 3.24. The van der Waals surface area contributed by atoms with Crippen LogP contribution in [0, 0.1) is 0 Å². The first-order chi connectivity index (χ1) is 12.6. The van der Waals surface area contributed by atoms with Crippen molar-refractivity contribution in [2.45, 2.75) is 71.1 Å². The number of aldehydes is 1. The normalized spacial score (nSPS) is 27.2. The molecule has 0 aromatic heterocycles. The molecule has 0 saturated carbocycles. The number of ether oxygens (including phenoxy) is 5. The van der Waals surface area contributed by atoms with E-state index in [0.29, 0.717) is 6.29 Å². The molecule has 27 heavy (non-hydrogen) atoms. The Morgan fingerprint density at radius 3 is 1.70 bits per heavy atom. The van der Waals surface area contributed by atoms with E-state index in [1.54, 1.807) is 0 Å². The van der Waals surface area contributed by atoms with E-state index in [1.807, 2.05) is 0 Å². The topological polar surface area (TPSA) is 132 Å². The Kier molecular flexibility index (Phi) is 8.86. The highest BCUT2D eigenvalue weighted by molar-refractivity contribution is 5.68. The second kappa shape index (κ2) is 10.6. The van der Waals surface area contributed by atoms with Gasteiger partial charge in [-0.1, -0.05) is 0 Å². The summed E-state index contributed by atoms with van der Waals surface area (Å²) in [5, 5.41) is 0. The van der Waals surface area contributed by atoms with Crippen molar-refractivity contribution in [2.24, 2.45) is 0 Å². The maximum absolute atomic E-state index is 11.6. The lowest BCUT2D eigenvalue weighted by molar-refractivity contribution is -0.253. The van der Waals surface area contributed by atoms with E-state index in [0.717, 1.165) is 20.8 Å². The molecule has 0 N–H and O–H groups in total. The first-order valence-electron chi connectivity index (χ1n) is 8.39. The smallest absolute Gasteiger partial charge is 0.303 e. The third-order valence-electron chi connectivity index (χ3n) is 3.66. The summed E-state index contributed by atoms with van der Waals surface area (Å²) in [6.45, 7) is 4.36. The predicted molar refractivity (Wildman–Crippen MR) is 87.3 cm³/mol. The lowest BCUT2D eigenvalue weighted by atomic mass is 9.92. The van der Waals surface area contributed by atoms with E-state index in [9.17, 15) is 24.0 Å². The van der Waals surface area contributed by atoms with Gasteiger partial charge in [0, 0.05) is 34.1 Å². The lowest BCUT2D eigenvalue weighted by Crippen LogP contribution is -2.62. The molecule has 1 rings (SSSR count). The van der Waals surface area contributed by atoms with Gasteiger partial charge in [0.15, 0.2) is 18.3 Å². The van der Waals surface area contributed by atoms with E-state index >= 15 is 0 Å². The van der Waals surface area contributed by atoms with Gasteiger partial charge in [0.2, 0.25) is 0 Å². The van der Waals surface area contributed by atoms with Gasteiger partial charge < -0.3 is 28.5 Å². The van der Waals surface area contributed by atoms with E-state index in [-0.39, 0.29) is 19.4 Å². The molecule has 10 heteroatoms. The fourth-order valence-electron chi connectivity index (χ4n) is 2.78. The Bertz CT molecular complexity index is 572. The minimum Gasteiger partial charge on any atom is -0.463 e. The van der Waals surface area contributed by atoms with Crippen LogP contribution in [0.5, 0.6) is 0 Å². The van der Waals surface area contributed by atoms with Crippen molar-refractivity contribution in [3.63, 3.8) is 0 Å². The van der Waals surface area contributed by atoms with Crippen LogP contribution in [0.25, 0.3) is 0 Å². The fraction of sp³-hybridized carbons (Fsp3) is 0.706. The van der Waals surface area contributed by atoms with Crippen LogP contribution in [-0.4, -0.2) is 67.3 Å². The van der Waals surface area contributed by atoms with E-state index in [2.05, 4.69) is 0 Å². The molecule has 0 aromatic carbocycles. The number of carbonyl (C=O) groups excluding carboxylic acids is 5. The second-order valence-electron chi connectivity index (χ2n) is 5.98. The van der Waals surface area contributed by atoms with Crippen molar-refractivity contribution in [3.05, 3.63) is 0 Å². The predicted octanol–water partition coefficient (Wildman–Crippen LogP) is 0.0911. The van der Waals surface area contributed by atoms with Crippen molar-refractivity contribution in [2.75, 3.05) is 6.61 Å². The Morgan fingerprint density at radius 1 is 0.778 bits per heavy atom. The Hall–Kier alpha value is -2.49. The molecule has 0 aliphatic carbocycles. The first kappa shape index (κ1) is 22.6. The van der Waals surface area contributed by atoms with Crippen molar-refractivity contribution >= 4 is 30.2 Å². The minimum atomic E-state index is -1.19. The molecule has 10 nitrogen and oxygen atoms in total. The van der Waals surface area contributed by atoms with Crippen molar-refractivity contribution in [1.29, 1.82) is 0 Å². The van der Waals surface area contributed by atoms with Gasteiger partial charge in [-0.25, -0.2) is 0 Å². The van der Waals surface area contributed by atoms with Gasteiger partial charge in [-0.2, -0.15) is 0 Å². The highest BCUT2D eigenvalue weighted by Crippen LogP contribution is 2.31. The number of esters is 4. The molecule has 1 heterocycles. The largest absolute Gasteiger partial charge is 0.463 e. The highest BCUT2D eigenvalue weighted by atomic mass is 16.7. The average molecular weight is 388 g/mol. The van der Waals surface area contributed by atoms with Gasteiger partial charge in [0.05, 0.1) is 6.10 Å². The highest BCUT2D eigenvalue weighted by Gasteiger charge is 2.51. The molecule has 0 radical (unpaired) electrons. The van der Waals surface area contributed by atoms with Gasteiger partial charge in [0.25, 0.3) is 0 Å². The zero-order chi connectivity index (χ0) is 20.6. The maximum atomic E-state index is 11.6. The molecule has 0 bridgehead atoms. The van der Waals surface area contributed by atoms with E-state index in [1.165, 1.54) is 6.92 Å². The van der Waals surface area contributed by atoms with Crippen molar-refractivity contribution in [3.8, 4) is 0 Å². The zero-order valence-electron chi connectivity index (χ0n) is 15.7. The molecule has 1 aliphatic heterocycles. The SMILES string of the molecule is CC(=O)OCC1OC(CCC=O)C(OC(C)=O)C(OC(C)=O)C1OC(C)=O. The number of hydrogen-bond donors (Lipinski definition) is 0. The molecule has 1 saturated heterocycles. The van der Waals surface area contributed by atoms with E-state index < -0.39 is 54.4 Å². The molecule has 0 aromatic rings. The fourth-order valence-corrected chi connectivity index (χ4v) is 2.78. The standard InChI is InChI=1S/C17H24O10/c1-9(19)23-8-14-16(25-11(3)21)17(26-12(4)22)15(24-10(2)20)13(27-14)6-5-7-18/h7,13-17H,5-6,8H2,1-4H3. The second-order valence-corrected chi connectivity index (χ2v) is 5.98. The van der Waals surface area contributed by atoms with Gasteiger partial charge in [-0.15, -0.1) is 0 Å². The number of rotatable bonds is 8. The van der Waals surface area contributed by atoms with Crippen LogP contribution in [0.2, 0.25) is 0 Å². The summed E-state index contributed by atoms with van der Waals surface area (Å²) in [6, 6.07) is 0. The Labute approximate surface area is 156 Å². The zero-order valence-corrected chi connectivity index (χ0v) is 15.7. The summed E-state index contributed by atoms with van der Waals surface area (Å²) >= 11 is 0. The van der Waals surface area contributed by atoms with Crippen molar-refractivity contribution < 1.29 is 47.7 Å². The van der Waals surface area contributed by atoms with Crippen LogP contribution < -0.4 is 0 Å². The lowest BCUT2D eigenvalue weighted by Gasteiger charge is -2.44. The molecule has 1 aliphatic rings. The molecule has 0 spiro atoms. The summed E-state index contributed by atoms with van der Waals surface area (Å²) < 4.78 is 26.5. The quantitative estimate of drug-likeness (QED) is 0.320. The van der Waals surface area contributed by atoms with Crippen LogP contribution in [0.3, 0.4) is 0 Å². The number of hydrogen-bond acceptors (Lipinski definition) is 10. The van der Waals surface area contributed by atoms with E-state index in [4.69, 9.17) is 23.7 Å². The molecule has 152 valence electrons. The first-order valence-corrected chi connectivity index (χ1v) is 8.39. The summed E-state index contributed by atoms with van der Waals surface area (Å²) in [6.07, 6.45) is -4.39. The average Bonchev–Trinajstić information content (AvgIpc) is 2.54. The third kappa shape index (κ3) is 7.33. The monoisotopic (exact) mass is 388 g/mol. The summed E-state index contributed by atoms with van der Waals surface area (Å²) in [7, 11) is 0. The maximum Gasteiger partial charge on any atom is 0.303 e. The molecule has 1 fully saturated rings. The van der Waals surface area contributed by atoms with Crippen LogP contribution >= 0.6 is 0 Å². The van der Waals surface area contributed by atoms with Gasteiger partial charge in [-0.05, 0) is 6.42 Å². The minimum absolute atomic E-state index is 0.0910. The molecule has 5 unspecified atom stereocenters. The van der Waals surface area contributed by atoms with Crippen LogP contribution in [0.4, 0.5) is 0 Å². The van der Waals surface area contributed by atoms with Crippen molar-refractivity contribution in [1.82, 2.24) is 0 Å². The molecular weight excluding hydrogens is 364 g/mol. The Morgan fingerprint density at radius 2 is 1.26 bits per heavy atom. The van der Waals surface area contributed by atoms with Crippen LogP contribution in [-0.2, 0) is 47.7 Å². The van der Waals surface area contributed by atoms with Gasteiger partial charge in [0.1, 0.15) is 19.0 Å². The van der Waals surface area contributed by atoms with Crippen LogP contribution in [0.15, 0.2) is 0 Å². The summed E-state index contributed by atoms with van der Waals surface area (Å²) in [4.78, 5) is 56.5. The molecule has 0 amide bonds. The molecular formula is C17H24O10.